The van der Waals surface area contributed by atoms with Crippen LogP contribution in [0.25, 0.3) is 11.3 Å². The average Bonchev–Trinajstić information content (AvgIpc) is 3.21. The molecule has 0 fully saturated rings. The fraction of sp³-hybridized carbons (Fsp3) is 0.364. The molecule has 0 bridgehead atoms. The van der Waals surface area contributed by atoms with Gasteiger partial charge in [-0.15, -0.1) is 11.3 Å². The molecule has 5 rings (SSSR count). The van der Waals surface area contributed by atoms with E-state index < -0.39 is 0 Å². The van der Waals surface area contributed by atoms with Gasteiger partial charge in [-0.3, -0.25) is 0 Å². The maximum absolute atomic E-state index is 4.20. The van der Waals surface area contributed by atoms with Crippen LogP contribution in [0.4, 0.5) is 0 Å². The van der Waals surface area contributed by atoms with Gasteiger partial charge in [-0.25, -0.2) is 0 Å². The Morgan fingerprint density at radius 1 is 1.35 bits per heavy atom. The molecule has 1 unspecified atom stereocenters. The zero-order chi connectivity index (χ0) is 17.8. The Bertz CT molecular complexity index is 926. The third-order valence-electron chi connectivity index (χ3n) is 6.28. The highest BCUT2D eigenvalue weighted by Crippen LogP contribution is 2.36. The van der Waals surface area contributed by atoms with Crippen molar-refractivity contribution in [2.45, 2.75) is 38.6 Å². The maximum Gasteiger partial charge on any atom is 0.199 e. The summed E-state index contributed by atoms with van der Waals surface area (Å²) < 4.78 is 0. The molecule has 0 amide bonds. The van der Waals surface area contributed by atoms with Gasteiger partial charge in [-0.05, 0) is 55.4 Å². The van der Waals surface area contributed by atoms with Crippen molar-refractivity contribution in [2.75, 3.05) is 13.6 Å². The number of likely N-dealkylation sites (N-methyl/N-ethyl adjacent to an activating group) is 1. The first kappa shape index (κ1) is 16.4. The average molecular weight is 360 g/mol. The molecule has 0 aliphatic carbocycles. The number of thiophene rings is 1. The number of nitrogens with zero attached hydrogens (tertiary/aromatic N) is 1. The summed E-state index contributed by atoms with van der Waals surface area (Å²) in [4.78, 5) is 3.98. The monoisotopic (exact) mass is 360 g/mol. The predicted molar refractivity (Wildman–Crippen MR) is 114 cm³/mol. The van der Waals surface area contributed by atoms with Crippen LogP contribution in [0.5, 0.6) is 0 Å². The smallest absolute Gasteiger partial charge is 0.199 e. The summed E-state index contributed by atoms with van der Waals surface area (Å²) in [6, 6.07) is 6.73. The van der Waals surface area contributed by atoms with E-state index in [1.807, 2.05) is 11.3 Å². The van der Waals surface area contributed by atoms with Gasteiger partial charge in [0.1, 0.15) is 0 Å². The highest BCUT2D eigenvalue weighted by molar-refractivity contribution is 7.10. The molecular formula is C22H25BN2S. The molecule has 2 aromatic rings. The van der Waals surface area contributed by atoms with Gasteiger partial charge in [0.15, 0.2) is 6.71 Å². The number of rotatable bonds is 2. The zero-order valence-corrected chi connectivity index (χ0v) is 16.5. The number of fused-ring (bicyclic) bond motifs is 3. The van der Waals surface area contributed by atoms with Crippen LogP contribution in [0.3, 0.4) is 0 Å². The molecule has 1 aromatic carbocycles. The summed E-state index contributed by atoms with van der Waals surface area (Å²) in [5.41, 5.74) is 10.0. The Hall–Kier alpha value is -1.78. The zero-order valence-electron chi connectivity index (χ0n) is 15.6. The first-order valence-electron chi connectivity index (χ1n) is 9.63. The summed E-state index contributed by atoms with van der Waals surface area (Å²) in [5.74, 6) is 3.06. The first-order valence-corrected chi connectivity index (χ1v) is 10.5. The number of benzene rings is 1. The summed E-state index contributed by atoms with van der Waals surface area (Å²) in [7, 11) is 2.22. The Kier molecular flexibility index (Phi) is 3.87. The van der Waals surface area contributed by atoms with Gasteiger partial charge in [0.25, 0.3) is 0 Å². The lowest BCUT2D eigenvalue weighted by Crippen LogP contribution is -2.42. The molecule has 1 aromatic heterocycles. The van der Waals surface area contributed by atoms with E-state index in [-0.39, 0.29) is 0 Å². The summed E-state index contributed by atoms with van der Waals surface area (Å²) in [6.07, 6.45) is 3.43. The SMILES string of the molecule is C=C(C)c1cccc2c1CB1C=C(c3csc4c3CCN(C)C4)NC1C2. The van der Waals surface area contributed by atoms with Crippen LogP contribution in [0.15, 0.2) is 36.1 Å². The molecule has 3 aliphatic heterocycles. The first-order chi connectivity index (χ1) is 12.6. The molecule has 132 valence electrons. The van der Waals surface area contributed by atoms with Gasteiger partial charge in [-0.1, -0.05) is 36.3 Å². The molecule has 26 heavy (non-hydrogen) atoms. The summed E-state index contributed by atoms with van der Waals surface area (Å²) >= 11 is 1.94. The van der Waals surface area contributed by atoms with Gasteiger partial charge in [-0.2, -0.15) is 0 Å². The van der Waals surface area contributed by atoms with Gasteiger partial charge in [0.2, 0.25) is 0 Å². The molecule has 4 heteroatoms. The van der Waals surface area contributed by atoms with Crippen molar-refractivity contribution >= 4 is 29.3 Å². The maximum atomic E-state index is 4.20. The van der Waals surface area contributed by atoms with E-state index in [4.69, 9.17) is 0 Å². The normalized spacial score (nSPS) is 21.5. The molecule has 0 spiro atoms. The highest BCUT2D eigenvalue weighted by atomic mass is 32.1. The quantitative estimate of drug-likeness (QED) is 0.815. The fourth-order valence-corrected chi connectivity index (χ4v) is 6.06. The minimum absolute atomic E-state index is 0.541. The second-order valence-corrected chi connectivity index (χ2v) is 9.13. The van der Waals surface area contributed by atoms with Crippen molar-refractivity contribution in [2.24, 2.45) is 0 Å². The van der Waals surface area contributed by atoms with E-state index in [1.165, 1.54) is 46.5 Å². The minimum atomic E-state index is 0.541. The molecule has 0 saturated carbocycles. The van der Waals surface area contributed by atoms with E-state index in [9.17, 15) is 0 Å². The van der Waals surface area contributed by atoms with Gasteiger partial charge >= 0.3 is 0 Å². The van der Waals surface area contributed by atoms with Crippen molar-refractivity contribution in [1.82, 2.24) is 10.2 Å². The Labute approximate surface area is 160 Å². The fourth-order valence-electron chi connectivity index (χ4n) is 4.88. The topological polar surface area (TPSA) is 15.3 Å². The number of nitrogens with one attached hydrogen (secondary N) is 1. The van der Waals surface area contributed by atoms with Crippen LogP contribution in [0.1, 0.15) is 39.6 Å². The third kappa shape index (κ3) is 2.59. The minimum Gasteiger partial charge on any atom is -0.389 e. The van der Waals surface area contributed by atoms with E-state index in [1.54, 1.807) is 10.4 Å². The predicted octanol–water partition coefficient (Wildman–Crippen LogP) is 3.99. The molecule has 4 heterocycles. The standard InChI is InChI=1S/C22H25BN2S/c1-14(2)16-6-4-5-15-9-22-23(10-18(15)16)11-20(24-22)19-13-26-21-12-25(3)8-7-17(19)21/h4-6,11,13,22,24H,1,7-10,12H2,2-3H3. The van der Waals surface area contributed by atoms with Crippen molar-refractivity contribution in [3.8, 4) is 0 Å². The number of hydrogen-bond donors (Lipinski definition) is 1. The molecule has 0 saturated heterocycles. The molecule has 1 atom stereocenters. The summed E-state index contributed by atoms with van der Waals surface area (Å²) in [5, 5.41) is 6.26. The Morgan fingerprint density at radius 2 is 2.23 bits per heavy atom. The van der Waals surface area contributed by atoms with Gasteiger partial charge in [0, 0.05) is 40.5 Å². The van der Waals surface area contributed by atoms with Gasteiger partial charge in [0.05, 0.1) is 0 Å². The van der Waals surface area contributed by atoms with E-state index in [0.29, 0.717) is 12.7 Å². The van der Waals surface area contributed by atoms with E-state index >= 15 is 0 Å². The molecule has 3 aliphatic rings. The lowest BCUT2D eigenvalue weighted by Gasteiger charge is -2.28. The van der Waals surface area contributed by atoms with Crippen molar-refractivity contribution in [1.29, 1.82) is 0 Å². The summed E-state index contributed by atoms with van der Waals surface area (Å²) in [6.45, 7) is 9.20. The Balaban J connectivity index is 1.46. The van der Waals surface area contributed by atoms with Crippen LogP contribution in [-0.4, -0.2) is 31.1 Å². The van der Waals surface area contributed by atoms with E-state index in [2.05, 4.69) is 60.3 Å². The van der Waals surface area contributed by atoms with Crippen LogP contribution >= 0.6 is 11.3 Å². The highest BCUT2D eigenvalue weighted by Gasteiger charge is 2.37. The Morgan fingerprint density at radius 3 is 3.08 bits per heavy atom. The number of allylic oxidation sites excluding steroid dienone is 1. The third-order valence-corrected chi connectivity index (χ3v) is 7.29. The second-order valence-electron chi connectivity index (χ2n) is 8.17. The van der Waals surface area contributed by atoms with Crippen LogP contribution < -0.4 is 5.32 Å². The molecule has 0 radical (unpaired) electrons. The van der Waals surface area contributed by atoms with Crippen molar-refractivity contribution in [3.63, 3.8) is 0 Å². The molecule has 1 N–H and O–H groups in total. The van der Waals surface area contributed by atoms with Gasteiger partial charge < -0.3 is 10.2 Å². The van der Waals surface area contributed by atoms with E-state index in [0.717, 1.165) is 19.3 Å². The van der Waals surface area contributed by atoms with Crippen LogP contribution in [0.2, 0.25) is 0 Å². The largest absolute Gasteiger partial charge is 0.389 e. The lowest BCUT2D eigenvalue weighted by molar-refractivity contribution is 0.317. The van der Waals surface area contributed by atoms with Crippen LogP contribution in [0, 0.1) is 0 Å². The van der Waals surface area contributed by atoms with Crippen molar-refractivity contribution in [3.05, 3.63) is 68.8 Å². The molecular weight excluding hydrogens is 335 g/mol. The lowest BCUT2D eigenvalue weighted by atomic mass is 9.39. The van der Waals surface area contributed by atoms with Crippen LogP contribution in [-0.2, 0) is 25.7 Å². The molecule has 2 nitrogen and oxygen atoms in total. The second kappa shape index (κ2) is 6.14. The van der Waals surface area contributed by atoms with Crippen molar-refractivity contribution < 1.29 is 0 Å². The number of hydrogen-bond acceptors (Lipinski definition) is 3.